The lowest BCUT2D eigenvalue weighted by atomic mass is 10.1. The number of nitrogens with zero attached hydrogens (tertiary/aromatic N) is 2. The molecule has 0 saturated heterocycles. The summed E-state index contributed by atoms with van der Waals surface area (Å²) in [5, 5.41) is 15.2. The Labute approximate surface area is 186 Å². The molecular weight excluding hydrogens is 466 g/mol. The van der Waals surface area contributed by atoms with Crippen LogP contribution in [0.4, 0.5) is 5.69 Å². The molecule has 0 atom stereocenters. The molecule has 1 heterocycles. The first-order valence-electron chi connectivity index (χ1n) is 8.82. The van der Waals surface area contributed by atoms with Crippen LogP contribution in [0.5, 0.6) is 11.5 Å². The van der Waals surface area contributed by atoms with Crippen molar-refractivity contribution >= 4 is 44.3 Å². The SMILES string of the molecule is COc1cc(NC=C(C#N)c2nc(-c3cccc(Br)c3)cs2)c(C(C)=O)cc1OC. The molecule has 0 aliphatic carbocycles. The minimum absolute atomic E-state index is 0.142. The highest BCUT2D eigenvalue weighted by Gasteiger charge is 2.15. The molecule has 6 nitrogen and oxygen atoms in total. The number of Topliss-reactive ketones (excluding diaryl/α,β-unsaturated/α-hetero) is 1. The molecule has 3 aromatic rings. The van der Waals surface area contributed by atoms with Gasteiger partial charge in [0.25, 0.3) is 0 Å². The van der Waals surface area contributed by atoms with Crippen molar-refractivity contribution in [3.63, 3.8) is 0 Å². The van der Waals surface area contributed by atoms with Crippen molar-refractivity contribution in [3.8, 4) is 28.8 Å². The molecule has 30 heavy (non-hydrogen) atoms. The number of hydrogen-bond donors (Lipinski definition) is 1. The number of rotatable bonds is 7. The van der Waals surface area contributed by atoms with E-state index in [0.29, 0.717) is 33.3 Å². The lowest BCUT2D eigenvalue weighted by Gasteiger charge is -2.13. The maximum Gasteiger partial charge on any atom is 0.162 e. The van der Waals surface area contributed by atoms with Crippen molar-refractivity contribution in [2.75, 3.05) is 19.5 Å². The smallest absolute Gasteiger partial charge is 0.162 e. The molecule has 0 aliphatic heterocycles. The van der Waals surface area contributed by atoms with Crippen molar-refractivity contribution < 1.29 is 14.3 Å². The zero-order valence-electron chi connectivity index (χ0n) is 16.5. The molecule has 0 spiro atoms. The Bertz CT molecular complexity index is 1160. The summed E-state index contributed by atoms with van der Waals surface area (Å²) in [6.45, 7) is 1.46. The zero-order valence-corrected chi connectivity index (χ0v) is 18.9. The van der Waals surface area contributed by atoms with Crippen LogP contribution < -0.4 is 14.8 Å². The molecule has 3 rings (SSSR count). The van der Waals surface area contributed by atoms with Crippen LogP contribution in [-0.4, -0.2) is 25.0 Å². The van der Waals surface area contributed by atoms with E-state index in [-0.39, 0.29) is 5.78 Å². The van der Waals surface area contributed by atoms with Gasteiger partial charge in [0.2, 0.25) is 0 Å². The van der Waals surface area contributed by atoms with Gasteiger partial charge in [0.15, 0.2) is 17.3 Å². The van der Waals surface area contributed by atoms with Gasteiger partial charge in [0, 0.05) is 33.2 Å². The molecule has 8 heteroatoms. The van der Waals surface area contributed by atoms with Gasteiger partial charge >= 0.3 is 0 Å². The van der Waals surface area contributed by atoms with Crippen LogP contribution >= 0.6 is 27.3 Å². The molecule has 1 N–H and O–H groups in total. The molecule has 152 valence electrons. The fraction of sp³-hybridized carbons (Fsp3) is 0.136. The number of benzene rings is 2. The molecule has 0 unspecified atom stereocenters. The summed E-state index contributed by atoms with van der Waals surface area (Å²) in [5.41, 5.74) is 3.03. The van der Waals surface area contributed by atoms with E-state index in [4.69, 9.17) is 9.47 Å². The minimum Gasteiger partial charge on any atom is -0.493 e. The molecule has 0 radical (unpaired) electrons. The Kier molecular flexibility index (Phi) is 6.87. The molecule has 0 saturated carbocycles. The van der Waals surface area contributed by atoms with E-state index < -0.39 is 0 Å². The first-order chi connectivity index (χ1) is 14.5. The quantitative estimate of drug-likeness (QED) is 0.339. The van der Waals surface area contributed by atoms with Crippen LogP contribution in [-0.2, 0) is 0 Å². The number of hydrogen-bond acceptors (Lipinski definition) is 7. The summed E-state index contributed by atoms with van der Waals surface area (Å²) < 4.78 is 11.5. The van der Waals surface area contributed by atoms with Crippen molar-refractivity contribution in [1.29, 1.82) is 5.26 Å². The molecule has 0 bridgehead atoms. The minimum atomic E-state index is -0.142. The fourth-order valence-electron chi connectivity index (χ4n) is 2.76. The Hall–Kier alpha value is -3.15. The summed E-state index contributed by atoms with van der Waals surface area (Å²) in [6, 6.07) is 13.2. The Morgan fingerprint density at radius 2 is 1.97 bits per heavy atom. The van der Waals surface area contributed by atoms with E-state index in [2.05, 4.69) is 32.3 Å². The van der Waals surface area contributed by atoms with Gasteiger partial charge in [-0.2, -0.15) is 5.26 Å². The van der Waals surface area contributed by atoms with Crippen LogP contribution in [0.2, 0.25) is 0 Å². The van der Waals surface area contributed by atoms with E-state index in [0.717, 1.165) is 15.7 Å². The van der Waals surface area contributed by atoms with E-state index in [1.807, 2.05) is 29.6 Å². The fourth-order valence-corrected chi connectivity index (χ4v) is 3.95. The van der Waals surface area contributed by atoms with E-state index in [1.165, 1.54) is 38.7 Å². The second-order valence-electron chi connectivity index (χ2n) is 6.17. The maximum absolute atomic E-state index is 12.1. The van der Waals surface area contributed by atoms with Gasteiger partial charge in [-0.3, -0.25) is 4.79 Å². The Morgan fingerprint density at radius 3 is 2.60 bits per heavy atom. The number of aromatic nitrogens is 1. The summed E-state index contributed by atoms with van der Waals surface area (Å²) >= 11 is 4.83. The average Bonchev–Trinajstić information content (AvgIpc) is 3.23. The average molecular weight is 484 g/mol. The van der Waals surface area contributed by atoms with Crippen molar-refractivity contribution in [1.82, 2.24) is 4.98 Å². The van der Waals surface area contributed by atoms with E-state index in [9.17, 15) is 10.1 Å². The first kappa shape index (κ1) is 21.6. The standard InChI is InChI=1S/C22H18BrN3O3S/c1-13(27)17-8-20(28-2)21(29-3)9-18(17)25-11-15(10-24)22-26-19(12-30-22)14-5-4-6-16(23)7-14/h4-9,11-12,25H,1-3H3. The molecule has 1 aromatic heterocycles. The van der Waals surface area contributed by atoms with Gasteiger partial charge in [-0.15, -0.1) is 11.3 Å². The van der Waals surface area contributed by atoms with Gasteiger partial charge in [-0.25, -0.2) is 4.98 Å². The molecule has 0 fully saturated rings. The molecule has 2 aromatic carbocycles. The third kappa shape index (κ3) is 4.70. The van der Waals surface area contributed by atoms with Gasteiger partial charge < -0.3 is 14.8 Å². The number of halogens is 1. The van der Waals surface area contributed by atoms with E-state index in [1.54, 1.807) is 12.1 Å². The normalized spacial score (nSPS) is 11.0. The Morgan fingerprint density at radius 1 is 1.23 bits per heavy atom. The number of ether oxygens (including phenoxy) is 2. The number of methoxy groups -OCH3 is 2. The second kappa shape index (κ2) is 9.57. The number of allylic oxidation sites excluding steroid dienone is 1. The van der Waals surface area contributed by atoms with Gasteiger partial charge in [0.05, 0.1) is 25.6 Å². The molecular formula is C22H18BrN3O3S. The van der Waals surface area contributed by atoms with Crippen molar-refractivity contribution in [3.05, 3.63) is 63.0 Å². The number of anilines is 1. The van der Waals surface area contributed by atoms with Crippen LogP contribution in [0.1, 0.15) is 22.3 Å². The number of carbonyl (C=O) groups is 1. The first-order valence-corrected chi connectivity index (χ1v) is 10.5. The molecule has 0 aliphatic rings. The monoisotopic (exact) mass is 483 g/mol. The summed E-state index contributed by atoms with van der Waals surface area (Å²) in [7, 11) is 3.03. The lowest BCUT2D eigenvalue weighted by molar-refractivity contribution is 0.101. The van der Waals surface area contributed by atoms with Gasteiger partial charge in [-0.1, -0.05) is 28.1 Å². The van der Waals surface area contributed by atoms with Crippen molar-refractivity contribution in [2.24, 2.45) is 0 Å². The highest BCUT2D eigenvalue weighted by Crippen LogP contribution is 2.34. The third-order valence-electron chi connectivity index (χ3n) is 4.25. The predicted molar refractivity (Wildman–Crippen MR) is 122 cm³/mol. The lowest BCUT2D eigenvalue weighted by Crippen LogP contribution is -2.03. The van der Waals surface area contributed by atoms with Crippen LogP contribution in [0.3, 0.4) is 0 Å². The topological polar surface area (TPSA) is 84.2 Å². The maximum atomic E-state index is 12.1. The third-order valence-corrected chi connectivity index (χ3v) is 5.62. The number of thiazole rings is 1. The van der Waals surface area contributed by atoms with Crippen LogP contribution in [0.15, 0.2) is 52.5 Å². The highest BCUT2D eigenvalue weighted by molar-refractivity contribution is 9.10. The zero-order chi connectivity index (χ0) is 21.7. The Balaban J connectivity index is 1.93. The molecule has 0 amide bonds. The van der Waals surface area contributed by atoms with Gasteiger partial charge in [-0.05, 0) is 25.1 Å². The summed E-state index contributed by atoms with van der Waals surface area (Å²) in [5.74, 6) is 0.788. The van der Waals surface area contributed by atoms with Crippen LogP contribution in [0.25, 0.3) is 16.8 Å². The summed E-state index contributed by atoms with van der Waals surface area (Å²) in [6.07, 6.45) is 1.54. The number of carbonyl (C=O) groups excluding carboxylic acids is 1. The summed E-state index contributed by atoms with van der Waals surface area (Å²) in [4.78, 5) is 16.6. The number of nitriles is 1. The van der Waals surface area contributed by atoms with Crippen molar-refractivity contribution in [2.45, 2.75) is 6.92 Å². The highest BCUT2D eigenvalue weighted by atomic mass is 79.9. The largest absolute Gasteiger partial charge is 0.493 e. The van der Waals surface area contributed by atoms with E-state index >= 15 is 0 Å². The number of nitrogens with one attached hydrogen (secondary N) is 1. The second-order valence-corrected chi connectivity index (χ2v) is 7.95. The number of ketones is 1. The predicted octanol–water partition coefficient (Wildman–Crippen LogP) is 5.77. The van der Waals surface area contributed by atoms with Crippen LogP contribution in [0, 0.1) is 11.3 Å². The van der Waals surface area contributed by atoms with Gasteiger partial charge in [0.1, 0.15) is 16.6 Å².